The zero-order chi connectivity index (χ0) is 19.4. The van der Waals surface area contributed by atoms with Crippen molar-refractivity contribution in [3.8, 4) is 11.5 Å². The third kappa shape index (κ3) is 3.97. The van der Waals surface area contributed by atoms with Gasteiger partial charge in [-0.3, -0.25) is 14.9 Å². The molecular weight excluding hydrogens is 356 g/mol. The van der Waals surface area contributed by atoms with Crippen LogP contribution in [0.5, 0.6) is 11.5 Å². The number of amides is 1. The van der Waals surface area contributed by atoms with E-state index in [0.717, 1.165) is 5.56 Å². The molecule has 1 N–H and O–H groups in total. The molecule has 9 nitrogen and oxygen atoms in total. The number of benzene rings is 2. The van der Waals surface area contributed by atoms with Crippen molar-refractivity contribution in [2.45, 2.75) is 6.54 Å². The van der Waals surface area contributed by atoms with Crippen molar-refractivity contribution in [1.82, 2.24) is 5.32 Å². The monoisotopic (exact) mass is 372 g/mol. The fourth-order valence-corrected chi connectivity index (χ4v) is 2.57. The number of hydrogen-bond acceptors (Lipinski definition) is 7. The largest absolute Gasteiger partial charge is 0.486 e. The molecule has 3 rings (SSSR count). The van der Waals surface area contributed by atoms with Gasteiger partial charge in [0.2, 0.25) is 0 Å². The van der Waals surface area contributed by atoms with Crippen molar-refractivity contribution in [2.75, 3.05) is 20.3 Å². The van der Waals surface area contributed by atoms with Crippen LogP contribution in [0.15, 0.2) is 36.4 Å². The Labute approximate surface area is 154 Å². The molecule has 0 atom stereocenters. The molecule has 1 amide bonds. The average Bonchev–Trinajstić information content (AvgIpc) is 2.70. The van der Waals surface area contributed by atoms with Gasteiger partial charge >= 0.3 is 5.97 Å². The molecule has 0 bridgehead atoms. The molecule has 0 radical (unpaired) electrons. The Morgan fingerprint density at radius 2 is 1.78 bits per heavy atom. The van der Waals surface area contributed by atoms with Crippen LogP contribution < -0.4 is 14.8 Å². The molecule has 0 aromatic heterocycles. The zero-order valence-corrected chi connectivity index (χ0v) is 14.4. The summed E-state index contributed by atoms with van der Waals surface area (Å²) in [5.41, 5.74) is 0.625. The Kier molecular flexibility index (Phi) is 5.20. The third-order valence-electron chi connectivity index (χ3n) is 3.93. The van der Waals surface area contributed by atoms with Crippen LogP contribution in [0.2, 0.25) is 0 Å². The van der Waals surface area contributed by atoms with E-state index >= 15 is 0 Å². The molecule has 0 fully saturated rings. The number of fused-ring (bicyclic) bond motifs is 1. The van der Waals surface area contributed by atoms with Crippen molar-refractivity contribution in [1.29, 1.82) is 0 Å². The van der Waals surface area contributed by atoms with Crippen LogP contribution in [-0.2, 0) is 11.3 Å². The molecule has 2 aromatic carbocycles. The number of nitro groups is 1. The SMILES string of the molecule is COC(=O)c1ccc(CNC(=O)c2cc3c(cc2[N+](=O)[O-])OCCO3)cc1. The van der Waals surface area contributed by atoms with Gasteiger partial charge in [0.15, 0.2) is 11.5 Å². The second-order valence-corrected chi connectivity index (χ2v) is 5.64. The van der Waals surface area contributed by atoms with Gasteiger partial charge in [-0.25, -0.2) is 4.79 Å². The van der Waals surface area contributed by atoms with E-state index < -0.39 is 16.8 Å². The van der Waals surface area contributed by atoms with Crippen LogP contribution in [0.4, 0.5) is 5.69 Å². The first kappa shape index (κ1) is 18.2. The summed E-state index contributed by atoms with van der Waals surface area (Å²) >= 11 is 0. The van der Waals surface area contributed by atoms with E-state index in [1.54, 1.807) is 24.3 Å². The number of nitro benzene ring substituents is 1. The average molecular weight is 372 g/mol. The molecule has 2 aromatic rings. The normalized spacial score (nSPS) is 12.2. The minimum Gasteiger partial charge on any atom is -0.486 e. The van der Waals surface area contributed by atoms with Crippen LogP contribution in [-0.4, -0.2) is 37.1 Å². The van der Waals surface area contributed by atoms with Crippen molar-refractivity contribution < 1.29 is 28.7 Å². The molecule has 0 spiro atoms. The number of hydrogen-bond donors (Lipinski definition) is 1. The second kappa shape index (κ2) is 7.73. The van der Waals surface area contributed by atoms with Gasteiger partial charge in [0.05, 0.1) is 23.7 Å². The van der Waals surface area contributed by atoms with E-state index in [-0.39, 0.29) is 30.2 Å². The highest BCUT2D eigenvalue weighted by Gasteiger charge is 2.26. The van der Waals surface area contributed by atoms with Gasteiger partial charge in [-0.2, -0.15) is 0 Å². The minimum atomic E-state index is -0.641. The Bertz CT molecular complexity index is 893. The van der Waals surface area contributed by atoms with Crippen LogP contribution >= 0.6 is 0 Å². The lowest BCUT2D eigenvalue weighted by Gasteiger charge is -2.18. The predicted molar refractivity (Wildman–Crippen MR) is 93.0 cm³/mol. The summed E-state index contributed by atoms with van der Waals surface area (Å²) in [4.78, 5) is 34.5. The number of methoxy groups -OCH3 is 1. The molecule has 1 aliphatic rings. The van der Waals surface area contributed by atoms with Crippen LogP contribution in [0.25, 0.3) is 0 Å². The van der Waals surface area contributed by atoms with Gasteiger partial charge < -0.3 is 19.5 Å². The molecule has 140 valence electrons. The molecule has 9 heteroatoms. The highest BCUT2D eigenvalue weighted by Crippen LogP contribution is 2.36. The molecular formula is C18H16N2O7. The van der Waals surface area contributed by atoms with Crippen molar-refractivity contribution >= 4 is 17.6 Å². The maximum atomic E-state index is 12.5. The standard InChI is InChI=1S/C18H16N2O7/c1-25-18(22)12-4-2-11(3-5-12)10-19-17(21)13-8-15-16(27-7-6-26-15)9-14(13)20(23)24/h2-5,8-9H,6-7,10H2,1H3,(H,19,21). The molecule has 1 heterocycles. The third-order valence-corrected chi connectivity index (χ3v) is 3.93. The molecule has 0 aliphatic carbocycles. The lowest BCUT2D eigenvalue weighted by Crippen LogP contribution is -2.24. The predicted octanol–water partition coefficient (Wildman–Crippen LogP) is 2.08. The Hall–Kier alpha value is -3.62. The fraction of sp³-hybridized carbons (Fsp3) is 0.222. The van der Waals surface area contributed by atoms with E-state index in [0.29, 0.717) is 17.9 Å². The first-order valence-corrected chi connectivity index (χ1v) is 8.03. The van der Waals surface area contributed by atoms with Crippen molar-refractivity contribution in [3.63, 3.8) is 0 Å². The number of nitrogens with zero attached hydrogens (tertiary/aromatic N) is 1. The van der Waals surface area contributed by atoms with E-state index in [9.17, 15) is 19.7 Å². The molecule has 0 saturated heterocycles. The number of rotatable bonds is 5. The number of nitrogens with one attached hydrogen (secondary N) is 1. The topological polar surface area (TPSA) is 117 Å². The Balaban J connectivity index is 1.76. The van der Waals surface area contributed by atoms with Gasteiger partial charge in [-0.15, -0.1) is 0 Å². The van der Waals surface area contributed by atoms with Crippen LogP contribution in [0.3, 0.4) is 0 Å². The summed E-state index contributed by atoms with van der Waals surface area (Å²) in [6.45, 7) is 0.724. The van der Waals surface area contributed by atoms with Gasteiger partial charge in [0.25, 0.3) is 11.6 Å². The summed E-state index contributed by atoms with van der Waals surface area (Å²) in [6, 6.07) is 8.95. The van der Waals surface area contributed by atoms with Crippen molar-refractivity contribution in [2.24, 2.45) is 0 Å². The maximum Gasteiger partial charge on any atom is 0.337 e. The molecule has 0 saturated carbocycles. The highest BCUT2D eigenvalue weighted by atomic mass is 16.6. The highest BCUT2D eigenvalue weighted by molar-refractivity contribution is 5.99. The van der Waals surface area contributed by atoms with Crippen LogP contribution in [0.1, 0.15) is 26.3 Å². The van der Waals surface area contributed by atoms with E-state index in [4.69, 9.17) is 9.47 Å². The van der Waals surface area contributed by atoms with E-state index in [2.05, 4.69) is 10.1 Å². The number of carbonyl (C=O) groups is 2. The van der Waals surface area contributed by atoms with Gasteiger partial charge in [-0.05, 0) is 17.7 Å². The Morgan fingerprint density at radius 1 is 1.15 bits per heavy atom. The summed E-state index contributed by atoms with van der Waals surface area (Å²) < 4.78 is 15.3. The Morgan fingerprint density at radius 3 is 2.37 bits per heavy atom. The lowest BCUT2D eigenvalue weighted by atomic mass is 10.1. The summed E-state index contributed by atoms with van der Waals surface area (Å²) in [5, 5.41) is 13.9. The maximum absolute atomic E-state index is 12.5. The van der Waals surface area contributed by atoms with E-state index in [1.165, 1.54) is 19.2 Å². The number of ether oxygens (including phenoxy) is 3. The summed E-state index contributed by atoms with van der Waals surface area (Å²) in [6.07, 6.45) is 0. The van der Waals surface area contributed by atoms with Gasteiger partial charge in [0.1, 0.15) is 18.8 Å². The first-order chi connectivity index (χ1) is 13.0. The molecule has 0 unspecified atom stereocenters. The van der Waals surface area contributed by atoms with Crippen molar-refractivity contribution in [3.05, 3.63) is 63.2 Å². The quantitative estimate of drug-likeness (QED) is 0.485. The zero-order valence-electron chi connectivity index (χ0n) is 14.4. The van der Waals surface area contributed by atoms with Gasteiger partial charge in [0, 0.05) is 12.6 Å². The lowest BCUT2D eigenvalue weighted by molar-refractivity contribution is -0.385. The molecule has 27 heavy (non-hydrogen) atoms. The van der Waals surface area contributed by atoms with E-state index in [1.807, 2.05) is 0 Å². The van der Waals surface area contributed by atoms with Gasteiger partial charge in [-0.1, -0.05) is 12.1 Å². The molecule has 1 aliphatic heterocycles. The van der Waals surface area contributed by atoms with Crippen LogP contribution in [0, 0.1) is 10.1 Å². The second-order valence-electron chi connectivity index (χ2n) is 5.64. The smallest absolute Gasteiger partial charge is 0.337 e. The summed E-state index contributed by atoms with van der Waals surface area (Å²) in [5.74, 6) is -0.546. The fourth-order valence-electron chi connectivity index (χ4n) is 2.57. The number of esters is 1. The minimum absolute atomic E-state index is 0.115. The first-order valence-electron chi connectivity index (χ1n) is 8.03. The number of carbonyl (C=O) groups excluding carboxylic acids is 2. The summed E-state index contributed by atoms with van der Waals surface area (Å²) in [7, 11) is 1.29.